The smallest absolute Gasteiger partial charge is 0.407 e. The van der Waals surface area contributed by atoms with Gasteiger partial charge in [0.25, 0.3) is 6.43 Å². The molecule has 1 amide bonds. The minimum absolute atomic E-state index is 0.0198. The normalized spacial score (nSPS) is 12.3. The lowest BCUT2D eigenvalue weighted by atomic mass is 10.0. The van der Waals surface area contributed by atoms with E-state index in [1.54, 1.807) is 39.0 Å². The van der Waals surface area contributed by atoms with Crippen molar-refractivity contribution in [1.29, 1.82) is 0 Å². The highest BCUT2D eigenvalue weighted by Crippen LogP contribution is 2.31. The van der Waals surface area contributed by atoms with Crippen molar-refractivity contribution in [2.45, 2.75) is 37.7 Å². The number of carbonyl (C=O) groups excluding carboxylic acids is 1. The lowest BCUT2D eigenvalue weighted by Crippen LogP contribution is -2.37. The van der Waals surface area contributed by atoms with Gasteiger partial charge in [0.1, 0.15) is 11.2 Å². The van der Waals surface area contributed by atoms with Crippen LogP contribution in [0, 0.1) is 0 Å². The summed E-state index contributed by atoms with van der Waals surface area (Å²) < 4.78 is 58.5. The molecular weight excluding hydrogens is 442 g/mol. The molecule has 1 aromatic carbocycles. The van der Waals surface area contributed by atoms with Crippen LogP contribution < -0.4 is 10.0 Å². The van der Waals surface area contributed by atoms with E-state index < -0.39 is 28.1 Å². The fourth-order valence-electron chi connectivity index (χ4n) is 2.98. The third kappa shape index (κ3) is 5.80. The zero-order valence-electron chi connectivity index (χ0n) is 17.8. The van der Waals surface area contributed by atoms with Crippen LogP contribution in [0.1, 0.15) is 32.9 Å². The van der Waals surface area contributed by atoms with E-state index in [1.807, 2.05) is 0 Å². The van der Waals surface area contributed by atoms with Crippen molar-refractivity contribution in [2.75, 3.05) is 13.1 Å². The van der Waals surface area contributed by atoms with Crippen LogP contribution in [0.5, 0.6) is 0 Å². The Morgan fingerprint density at radius 3 is 2.47 bits per heavy atom. The Morgan fingerprint density at radius 1 is 1.16 bits per heavy atom. The van der Waals surface area contributed by atoms with E-state index >= 15 is 0 Å². The third-order valence-electron chi connectivity index (χ3n) is 4.35. The lowest BCUT2D eigenvalue weighted by Gasteiger charge is -2.19. The number of alkyl carbamates (subject to hydrolysis) is 1. The summed E-state index contributed by atoms with van der Waals surface area (Å²) in [6, 6.07) is 9.05. The summed E-state index contributed by atoms with van der Waals surface area (Å²) in [5.41, 5.74) is 0.754. The third-order valence-corrected chi connectivity index (χ3v) is 5.83. The number of halogens is 2. The van der Waals surface area contributed by atoms with Gasteiger partial charge in [-0.3, -0.25) is 0 Å². The maximum Gasteiger partial charge on any atom is 0.407 e. The molecule has 32 heavy (non-hydrogen) atoms. The molecule has 2 aromatic heterocycles. The number of sulfonamides is 1. The molecule has 3 N–H and O–H groups in total. The van der Waals surface area contributed by atoms with Crippen molar-refractivity contribution in [3.63, 3.8) is 0 Å². The molecule has 0 unspecified atom stereocenters. The second-order valence-electron chi connectivity index (χ2n) is 8.00. The standard InChI is InChI=1S/C21H24F2N4O4S/c1-21(2,3)31-20(28)25-10-11-26-32(29,30)14-6-4-13(5-7-14)15-8-9-24-19-16(15)12-17(27-19)18(22)23/h4-9,12,18,26H,10-11H2,1-3H3,(H,24,27)(H,25,28). The van der Waals surface area contributed by atoms with Crippen LogP contribution in [0.3, 0.4) is 0 Å². The van der Waals surface area contributed by atoms with Crippen LogP contribution in [0.4, 0.5) is 13.6 Å². The van der Waals surface area contributed by atoms with Crippen LogP contribution >= 0.6 is 0 Å². The number of nitrogens with zero attached hydrogens (tertiary/aromatic N) is 1. The summed E-state index contributed by atoms with van der Waals surface area (Å²) in [7, 11) is -3.80. The van der Waals surface area contributed by atoms with Gasteiger partial charge in [-0.1, -0.05) is 12.1 Å². The Morgan fingerprint density at radius 2 is 1.84 bits per heavy atom. The first-order valence-electron chi connectivity index (χ1n) is 9.79. The highest BCUT2D eigenvalue weighted by Gasteiger charge is 2.18. The molecular formula is C21H24F2N4O4S. The van der Waals surface area contributed by atoms with Gasteiger partial charge < -0.3 is 15.0 Å². The number of ether oxygens (including phenoxy) is 1. The number of alkyl halides is 2. The molecule has 0 spiro atoms. The van der Waals surface area contributed by atoms with E-state index in [1.165, 1.54) is 24.4 Å². The largest absolute Gasteiger partial charge is 0.444 e. The molecule has 0 saturated heterocycles. The van der Waals surface area contributed by atoms with Crippen LogP contribution in [0.25, 0.3) is 22.2 Å². The molecule has 3 rings (SSSR count). The minimum Gasteiger partial charge on any atom is -0.444 e. The number of nitrogens with one attached hydrogen (secondary N) is 3. The first-order chi connectivity index (χ1) is 15.0. The summed E-state index contributed by atoms with van der Waals surface area (Å²) in [5.74, 6) is 0. The van der Waals surface area contributed by atoms with Gasteiger partial charge >= 0.3 is 6.09 Å². The van der Waals surface area contributed by atoms with Crippen molar-refractivity contribution in [1.82, 2.24) is 20.0 Å². The number of rotatable bonds is 7. The fourth-order valence-corrected chi connectivity index (χ4v) is 4.01. The van der Waals surface area contributed by atoms with Crippen molar-refractivity contribution in [2.24, 2.45) is 0 Å². The summed E-state index contributed by atoms with van der Waals surface area (Å²) in [6.07, 6.45) is -1.79. The van der Waals surface area contributed by atoms with E-state index in [4.69, 9.17) is 4.74 Å². The number of pyridine rings is 1. The number of fused-ring (bicyclic) bond motifs is 1. The predicted octanol–water partition coefficient (Wildman–Crippen LogP) is 3.97. The topological polar surface area (TPSA) is 113 Å². The van der Waals surface area contributed by atoms with Gasteiger partial charge in [0.05, 0.1) is 10.6 Å². The minimum atomic E-state index is -3.80. The Hall–Kier alpha value is -3.05. The molecule has 0 aliphatic carbocycles. The Balaban J connectivity index is 1.67. The lowest BCUT2D eigenvalue weighted by molar-refractivity contribution is 0.0529. The van der Waals surface area contributed by atoms with Gasteiger partial charge in [0.15, 0.2) is 0 Å². The summed E-state index contributed by atoms with van der Waals surface area (Å²) in [5, 5.41) is 2.99. The SMILES string of the molecule is CC(C)(C)OC(=O)NCCNS(=O)(=O)c1ccc(-c2ccnc3[nH]c(C(F)F)cc23)cc1. The van der Waals surface area contributed by atoms with Crippen LogP contribution in [0.15, 0.2) is 47.5 Å². The Kier molecular flexibility index (Phi) is 6.79. The highest BCUT2D eigenvalue weighted by molar-refractivity contribution is 7.89. The average molecular weight is 467 g/mol. The number of aromatic amines is 1. The van der Waals surface area contributed by atoms with Crippen molar-refractivity contribution < 1.29 is 26.7 Å². The molecule has 172 valence electrons. The summed E-state index contributed by atoms with van der Waals surface area (Å²) in [4.78, 5) is 18.3. The molecule has 0 aliphatic heterocycles. The monoisotopic (exact) mass is 466 g/mol. The van der Waals surface area contributed by atoms with Gasteiger partial charge in [-0.15, -0.1) is 0 Å². The first kappa shape index (κ1) is 23.6. The predicted molar refractivity (Wildman–Crippen MR) is 116 cm³/mol. The Bertz CT molecular complexity index is 1200. The molecule has 3 aromatic rings. The maximum atomic E-state index is 13.0. The molecule has 0 saturated carbocycles. The number of carbonyl (C=O) groups is 1. The van der Waals surface area contributed by atoms with Gasteiger partial charge in [-0.05, 0) is 56.2 Å². The van der Waals surface area contributed by atoms with E-state index in [2.05, 4.69) is 20.0 Å². The van der Waals surface area contributed by atoms with Crippen molar-refractivity contribution in [3.8, 4) is 11.1 Å². The molecule has 2 heterocycles. The van der Waals surface area contributed by atoms with Crippen molar-refractivity contribution >= 4 is 27.1 Å². The zero-order chi connectivity index (χ0) is 23.5. The average Bonchev–Trinajstić information content (AvgIpc) is 3.15. The summed E-state index contributed by atoms with van der Waals surface area (Å²) in [6.45, 7) is 5.21. The summed E-state index contributed by atoms with van der Waals surface area (Å²) >= 11 is 0. The number of benzene rings is 1. The highest BCUT2D eigenvalue weighted by atomic mass is 32.2. The van der Waals surface area contributed by atoms with E-state index in [9.17, 15) is 22.0 Å². The second kappa shape index (κ2) is 9.21. The van der Waals surface area contributed by atoms with Crippen LogP contribution in [-0.4, -0.2) is 43.2 Å². The van der Waals surface area contributed by atoms with Crippen LogP contribution in [0.2, 0.25) is 0 Å². The van der Waals surface area contributed by atoms with Gasteiger partial charge in [-0.25, -0.2) is 31.7 Å². The molecule has 0 bridgehead atoms. The molecule has 0 fully saturated rings. The van der Waals surface area contributed by atoms with Gasteiger partial charge in [0, 0.05) is 24.7 Å². The molecule has 11 heteroatoms. The van der Waals surface area contributed by atoms with E-state index in [-0.39, 0.29) is 23.7 Å². The van der Waals surface area contributed by atoms with Gasteiger partial charge in [-0.2, -0.15) is 0 Å². The first-order valence-corrected chi connectivity index (χ1v) is 11.3. The number of aromatic nitrogens is 2. The quantitative estimate of drug-likeness (QED) is 0.456. The Labute approximate surface area is 184 Å². The zero-order valence-corrected chi connectivity index (χ0v) is 18.6. The number of amides is 1. The van der Waals surface area contributed by atoms with Gasteiger partial charge in [0.2, 0.25) is 10.0 Å². The molecule has 0 aliphatic rings. The molecule has 8 nitrogen and oxygen atoms in total. The molecule has 0 atom stereocenters. The number of hydrogen-bond donors (Lipinski definition) is 3. The number of H-pyrrole nitrogens is 1. The van der Waals surface area contributed by atoms with Crippen LogP contribution in [-0.2, 0) is 14.8 Å². The van der Waals surface area contributed by atoms with E-state index in [0.717, 1.165) is 0 Å². The van der Waals surface area contributed by atoms with E-state index in [0.29, 0.717) is 22.2 Å². The second-order valence-corrected chi connectivity index (χ2v) is 9.76. The van der Waals surface area contributed by atoms with Crippen molar-refractivity contribution in [3.05, 3.63) is 48.3 Å². The fraction of sp³-hybridized carbons (Fsp3) is 0.333. The maximum absolute atomic E-state index is 13.0. The number of hydrogen-bond acceptors (Lipinski definition) is 5. The molecule has 0 radical (unpaired) electrons.